The Labute approximate surface area is 170 Å². The van der Waals surface area contributed by atoms with Crippen molar-refractivity contribution < 1.29 is 5.11 Å². The Morgan fingerprint density at radius 1 is 0.828 bits per heavy atom. The third-order valence-corrected chi connectivity index (χ3v) is 4.72. The van der Waals surface area contributed by atoms with E-state index in [1.165, 1.54) is 11.1 Å². The predicted octanol–water partition coefficient (Wildman–Crippen LogP) is 5.35. The Hall–Kier alpha value is -3.44. The molecular weight excluding hydrogens is 360 g/mol. The van der Waals surface area contributed by atoms with E-state index in [9.17, 15) is 0 Å². The number of benzene rings is 3. The lowest BCUT2D eigenvalue weighted by atomic mass is 10.1. The molecule has 3 N–H and O–H groups in total. The van der Waals surface area contributed by atoms with Crippen LogP contribution in [0.3, 0.4) is 0 Å². The lowest BCUT2D eigenvalue weighted by molar-refractivity contribution is 0.288. The van der Waals surface area contributed by atoms with Crippen molar-refractivity contribution in [1.82, 2.24) is 9.97 Å². The maximum absolute atomic E-state index is 8.98. The molecule has 0 saturated carbocycles. The minimum atomic E-state index is 0.210. The number of hydrogen-bond acceptors (Lipinski definition) is 5. The molecule has 4 rings (SSSR count). The largest absolute Gasteiger partial charge is 0.396 e. The van der Waals surface area contributed by atoms with Gasteiger partial charge in [-0.2, -0.15) is 4.98 Å². The SMILES string of the molecule is Cc1cccc(Nc2nc(Nc3ccc(CCCO)cc3)nc3ccccc23)c1. The molecular formula is C24H24N4O. The Morgan fingerprint density at radius 2 is 1.66 bits per heavy atom. The van der Waals surface area contributed by atoms with Crippen molar-refractivity contribution in [2.75, 3.05) is 17.2 Å². The summed E-state index contributed by atoms with van der Waals surface area (Å²) in [6, 6.07) is 24.3. The van der Waals surface area contributed by atoms with E-state index in [1.54, 1.807) is 0 Å². The van der Waals surface area contributed by atoms with Crippen LogP contribution in [0, 0.1) is 6.92 Å². The zero-order chi connectivity index (χ0) is 20.1. The molecule has 29 heavy (non-hydrogen) atoms. The number of aryl methyl sites for hydroxylation is 2. The molecule has 0 atom stereocenters. The minimum Gasteiger partial charge on any atom is -0.396 e. The number of aliphatic hydroxyl groups is 1. The minimum absolute atomic E-state index is 0.210. The summed E-state index contributed by atoms with van der Waals surface area (Å²) in [7, 11) is 0. The van der Waals surface area contributed by atoms with Crippen molar-refractivity contribution in [2.24, 2.45) is 0 Å². The van der Waals surface area contributed by atoms with Gasteiger partial charge < -0.3 is 15.7 Å². The van der Waals surface area contributed by atoms with E-state index >= 15 is 0 Å². The van der Waals surface area contributed by atoms with Gasteiger partial charge in [-0.25, -0.2) is 4.98 Å². The Kier molecular flexibility index (Phi) is 5.68. The van der Waals surface area contributed by atoms with Crippen LogP contribution in [0.15, 0.2) is 72.8 Å². The normalized spacial score (nSPS) is 10.8. The second-order valence-electron chi connectivity index (χ2n) is 7.06. The van der Waals surface area contributed by atoms with Crippen LogP contribution < -0.4 is 10.6 Å². The summed E-state index contributed by atoms with van der Waals surface area (Å²) in [5.41, 5.74) is 5.18. The summed E-state index contributed by atoms with van der Waals surface area (Å²) in [6.07, 6.45) is 1.64. The van der Waals surface area contributed by atoms with Gasteiger partial charge in [0.15, 0.2) is 0 Å². The molecule has 0 aliphatic rings. The smallest absolute Gasteiger partial charge is 0.229 e. The fraction of sp³-hybridized carbons (Fsp3) is 0.167. The predicted molar refractivity (Wildman–Crippen MR) is 119 cm³/mol. The molecule has 0 bridgehead atoms. The monoisotopic (exact) mass is 384 g/mol. The van der Waals surface area contributed by atoms with Gasteiger partial charge in [-0.05, 0) is 67.3 Å². The van der Waals surface area contributed by atoms with Crippen molar-refractivity contribution in [3.8, 4) is 0 Å². The zero-order valence-corrected chi connectivity index (χ0v) is 16.4. The maximum atomic E-state index is 8.98. The van der Waals surface area contributed by atoms with Gasteiger partial charge in [0.2, 0.25) is 5.95 Å². The van der Waals surface area contributed by atoms with Crippen LogP contribution in [0.25, 0.3) is 10.9 Å². The molecule has 0 fully saturated rings. The number of rotatable bonds is 7. The fourth-order valence-electron chi connectivity index (χ4n) is 3.25. The summed E-state index contributed by atoms with van der Waals surface area (Å²) in [4.78, 5) is 9.39. The van der Waals surface area contributed by atoms with Crippen molar-refractivity contribution in [3.05, 3.63) is 83.9 Å². The first kappa shape index (κ1) is 18.9. The Balaban J connectivity index is 1.63. The zero-order valence-electron chi connectivity index (χ0n) is 16.4. The Morgan fingerprint density at radius 3 is 2.45 bits per heavy atom. The molecule has 146 valence electrons. The molecule has 5 nitrogen and oxygen atoms in total. The molecule has 4 aromatic rings. The van der Waals surface area contributed by atoms with E-state index in [1.807, 2.05) is 48.5 Å². The van der Waals surface area contributed by atoms with Crippen LogP contribution >= 0.6 is 0 Å². The van der Waals surface area contributed by atoms with Gasteiger partial charge in [0.1, 0.15) is 5.82 Å². The molecule has 1 aromatic heterocycles. The van der Waals surface area contributed by atoms with E-state index in [0.717, 1.165) is 40.9 Å². The molecule has 5 heteroatoms. The third-order valence-electron chi connectivity index (χ3n) is 4.72. The van der Waals surface area contributed by atoms with Crippen LogP contribution in [0.2, 0.25) is 0 Å². The molecule has 0 amide bonds. The van der Waals surface area contributed by atoms with Crippen molar-refractivity contribution >= 4 is 34.0 Å². The van der Waals surface area contributed by atoms with E-state index in [4.69, 9.17) is 10.1 Å². The van der Waals surface area contributed by atoms with Gasteiger partial charge in [-0.15, -0.1) is 0 Å². The summed E-state index contributed by atoms with van der Waals surface area (Å²) in [6.45, 7) is 2.28. The van der Waals surface area contributed by atoms with Crippen molar-refractivity contribution in [3.63, 3.8) is 0 Å². The molecule has 0 spiro atoms. The van der Waals surface area contributed by atoms with E-state index in [0.29, 0.717) is 5.95 Å². The standard InChI is InChI=1S/C24H24N4O/c1-17-6-4-8-20(16-17)25-23-21-9-2-3-10-22(21)27-24(28-23)26-19-13-11-18(12-14-19)7-5-15-29/h2-4,6,8-14,16,29H,5,7,15H2,1H3,(H2,25,26,27,28). The van der Waals surface area contributed by atoms with Crippen LogP contribution in [-0.2, 0) is 6.42 Å². The average Bonchev–Trinajstić information content (AvgIpc) is 2.73. The van der Waals surface area contributed by atoms with Gasteiger partial charge in [-0.3, -0.25) is 0 Å². The number of nitrogens with zero attached hydrogens (tertiary/aromatic N) is 2. The maximum Gasteiger partial charge on any atom is 0.229 e. The van der Waals surface area contributed by atoms with Crippen LogP contribution in [0.1, 0.15) is 17.5 Å². The number of anilines is 4. The highest BCUT2D eigenvalue weighted by Crippen LogP contribution is 2.26. The van der Waals surface area contributed by atoms with E-state index in [-0.39, 0.29) is 6.61 Å². The second-order valence-corrected chi connectivity index (χ2v) is 7.06. The number of fused-ring (bicyclic) bond motifs is 1. The van der Waals surface area contributed by atoms with Crippen LogP contribution in [0.5, 0.6) is 0 Å². The number of hydrogen-bond donors (Lipinski definition) is 3. The number of nitrogens with one attached hydrogen (secondary N) is 2. The highest BCUT2D eigenvalue weighted by Gasteiger charge is 2.08. The summed E-state index contributed by atoms with van der Waals surface area (Å²) >= 11 is 0. The quantitative estimate of drug-likeness (QED) is 0.401. The highest BCUT2D eigenvalue weighted by molar-refractivity contribution is 5.92. The lowest BCUT2D eigenvalue weighted by Gasteiger charge is -2.12. The topological polar surface area (TPSA) is 70.1 Å². The first-order chi connectivity index (χ1) is 14.2. The summed E-state index contributed by atoms with van der Waals surface area (Å²) in [5, 5.41) is 16.7. The Bertz CT molecular complexity index is 1110. The fourth-order valence-corrected chi connectivity index (χ4v) is 3.25. The number of aliphatic hydroxyl groups excluding tert-OH is 1. The van der Waals surface area contributed by atoms with Gasteiger partial charge in [0, 0.05) is 23.4 Å². The molecule has 0 aliphatic heterocycles. The molecule has 3 aromatic carbocycles. The van der Waals surface area contributed by atoms with Crippen LogP contribution in [0.4, 0.5) is 23.1 Å². The second kappa shape index (κ2) is 8.71. The molecule has 1 heterocycles. The van der Waals surface area contributed by atoms with Gasteiger partial charge in [0.25, 0.3) is 0 Å². The van der Waals surface area contributed by atoms with Crippen molar-refractivity contribution in [1.29, 1.82) is 0 Å². The van der Waals surface area contributed by atoms with E-state index < -0.39 is 0 Å². The summed E-state index contributed by atoms with van der Waals surface area (Å²) in [5.74, 6) is 1.31. The van der Waals surface area contributed by atoms with E-state index in [2.05, 4.69) is 46.8 Å². The first-order valence-corrected chi connectivity index (χ1v) is 9.78. The average molecular weight is 384 g/mol. The molecule has 0 aliphatic carbocycles. The number of para-hydroxylation sites is 1. The van der Waals surface area contributed by atoms with Crippen molar-refractivity contribution in [2.45, 2.75) is 19.8 Å². The third kappa shape index (κ3) is 4.70. The number of aromatic nitrogens is 2. The highest BCUT2D eigenvalue weighted by atomic mass is 16.2. The molecule has 0 saturated heterocycles. The summed E-state index contributed by atoms with van der Waals surface area (Å²) < 4.78 is 0. The molecule has 0 unspecified atom stereocenters. The van der Waals surface area contributed by atoms with Gasteiger partial charge in [0.05, 0.1) is 5.52 Å². The molecule has 0 radical (unpaired) electrons. The lowest BCUT2D eigenvalue weighted by Crippen LogP contribution is -2.02. The van der Waals surface area contributed by atoms with Gasteiger partial charge in [-0.1, -0.05) is 36.4 Å². The van der Waals surface area contributed by atoms with Gasteiger partial charge >= 0.3 is 0 Å². The van der Waals surface area contributed by atoms with Crippen LogP contribution in [-0.4, -0.2) is 21.7 Å². The first-order valence-electron chi connectivity index (χ1n) is 9.78.